The summed E-state index contributed by atoms with van der Waals surface area (Å²) >= 11 is 0. The Morgan fingerprint density at radius 2 is 2.17 bits per heavy atom. The van der Waals surface area contributed by atoms with E-state index in [1.807, 2.05) is 0 Å². The van der Waals surface area contributed by atoms with Crippen LogP contribution in [0, 0.1) is 10.8 Å². The molecule has 0 radical (unpaired) electrons. The van der Waals surface area contributed by atoms with Gasteiger partial charge in [0.1, 0.15) is 5.92 Å². The number of nitrogens with zero attached hydrogens (tertiary/aromatic N) is 1. The number of carboxylic acid groups (broad SMARTS) is 1. The summed E-state index contributed by atoms with van der Waals surface area (Å²) in [5.41, 5.74) is -2.14. The first-order valence-corrected chi connectivity index (χ1v) is 3.26. The zero-order valence-electron chi connectivity index (χ0n) is 6.04. The van der Waals surface area contributed by atoms with Gasteiger partial charge in [-0.05, 0) is 11.3 Å². The minimum atomic E-state index is -2.14. The molecule has 5 heteroatoms. The van der Waals surface area contributed by atoms with Crippen LogP contribution in [0.5, 0.6) is 0 Å². The smallest absolute Gasteiger partial charge is 0.315 e. The van der Waals surface area contributed by atoms with E-state index in [0.717, 1.165) is 6.08 Å². The third-order valence-corrected chi connectivity index (χ3v) is 1.63. The summed E-state index contributed by atoms with van der Waals surface area (Å²) in [5.74, 6) is -2.57. The number of carboxylic acids is 1. The second kappa shape index (κ2) is 2.86. The van der Waals surface area contributed by atoms with Crippen LogP contribution in [0.3, 0.4) is 0 Å². The fourth-order valence-electron chi connectivity index (χ4n) is 0.969. The molecular weight excluding hydrogens is 162 g/mol. The average molecular weight is 169 g/mol. The molecule has 0 aromatic rings. The summed E-state index contributed by atoms with van der Waals surface area (Å²) in [7, 11) is 0. The standard InChI is InChI=1S/C7H7NO4/c9-6(10)5-3-1-2-4-7(5,11)8-12/h1-5,11H,(H,9,10). The van der Waals surface area contributed by atoms with Crippen molar-refractivity contribution in [3.8, 4) is 0 Å². The van der Waals surface area contributed by atoms with Crippen molar-refractivity contribution >= 4 is 5.97 Å². The van der Waals surface area contributed by atoms with E-state index < -0.39 is 17.6 Å². The zero-order chi connectivity index (χ0) is 9.19. The molecule has 0 spiro atoms. The van der Waals surface area contributed by atoms with Gasteiger partial charge in [0.15, 0.2) is 0 Å². The van der Waals surface area contributed by atoms with Gasteiger partial charge in [0.2, 0.25) is 5.72 Å². The summed E-state index contributed by atoms with van der Waals surface area (Å²) in [5, 5.41) is 20.2. The van der Waals surface area contributed by atoms with Gasteiger partial charge in [-0.25, -0.2) is 0 Å². The van der Waals surface area contributed by atoms with Crippen LogP contribution in [0.1, 0.15) is 0 Å². The Bertz CT molecular complexity index is 271. The molecule has 0 amide bonds. The quantitative estimate of drug-likeness (QED) is 0.581. The van der Waals surface area contributed by atoms with E-state index in [1.165, 1.54) is 18.2 Å². The highest BCUT2D eigenvalue weighted by molar-refractivity contribution is 5.74. The van der Waals surface area contributed by atoms with E-state index in [0.29, 0.717) is 0 Å². The predicted molar refractivity (Wildman–Crippen MR) is 40.2 cm³/mol. The Balaban J connectivity index is 2.99. The van der Waals surface area contributed by atoms with Crippen LogP contribution < -0.4 is 0 Å². The molecule has 64 valence electrons. The lowest BCUT2D eigenvalue weighted by atomic mass is 9.92. The highest BCUT2D eigenvalue weighted by atomic mass is 16.4. The van der Waals surface area contributed by atoms with Gasteiger partial charge >= 0.3 is 5.97 Å². The molecule has 2 atom stereocenters. The van der Waals surface area contributed by atoms with Crippen molar-refractivity contribution in [2.24, 2.45) is 11.1 Å². The Morgan fingerprint density at radius 1 is 1.50 bits per heavy atom. The molecule has 1 rings (SSSR count). The van der Waals surface area contributed by atoms with Crippen LogP contribution in [0.15, 0.2) is 29.5 Å². The third kappa shape index (κ3) is 1.26. The molecule has 1 aliphatic rings. The molecular formula is C7H7NO4. The van der Waals surface area contributed by atoms with Crippen molar-refractivity contribution in [2.45, 2.75) is 5.72 Å². The average Bonchev–Trinajstić information content (AvgIpc) is 2.05. The number of rotatable bonds is 2. The maximum absolute atomic E-state index is 10.5. The zero-order valence-corrected chi connectivity index (χ0v) is 6.04. The van der Waals surface area contributed by atoms with Gasteiger partial charge in [0, 0.05) is 0 Å². The number of aliphatic hydroxyl groups is 1. The molecule has 0 heterocycles. The second-order valence-electron chi connectivity index (χ2n) is 2.43. The molecule has 2 unspecified atom stereocenters. The number of aliphatic carboxylic acids is 1. The molecule has 0 aromatic heterocycles. The first-order chi connectivity index (χ1) is 5.60. The van der Waals surface area contributed by atoms with Gasteiger partial charge in [-0.15, -0.1) is 4.91 Å². The largest absolute Gasteiger partial charge is 0.481 e. The van der Waals surface area contributed by atoms with Gasteiger partial charge in [-0.2, -0.15) is 0 Å². The Hall–Kier alpha value is -1.49. The van der Waals surface area contributed by atoms with Crippen molar-refractivity contribution in [1.29, 1.82) is 0 Å². The van der Waals surface area contributed by atoms with Crippen molar-refractivity contribution in [2.75, 3.05) is 0 Å². The maximum Gasteiger partial charge on any atom is 0.315 e. The number of hydrogen-bond acceptors (Lipinski definition) is 4. The van der Waals surface area contributed by atoms with Crippen LogP contribution in [0.4, 0.5) is 0 Å². The first-order valence-electron chi connectivity index (χ1n) is 3.26. The Morgan fingerprint density at radius 3 is 2.58 bits per heavy atom. The molecule has 1 aliphatic carbocycles. The first kappa shape index (κ1) is 8.61. The summed E-state index contributed by atoms with van der Waals surface area (Å²) in [6.45, 7) is 0. The third-order valence-electron chi connectivity index (χ3n) is 1.63. The topological polar surface area (TPSA) is 87.0 Å². The summed E-state index contributed by atoms with van der Waals surface area (Å²) in [6.07, 6.45) is 5.09. The molecule has 2 N–H and O–H groups in total. The minimum absolute atomic E-state index is 1.05. The van der Waals surface area contributed by atoms with Crippen molar-refractivity contribution in [1.82, 2.24) is 0 Å². The Labute approximate surface area is 68.0 Å². The lowest BCUT2D eigenvalue weighted by molar-refractivity contribution is -0.145. The molecule has 5 nitrogen and oxygen atoms in total. The fraction of sp³-hybridized carbons (Fsp3) is 0.286. The van der Waals surface area contributed by atoms with E-state index >= 15 is 0 Å². The van der Waals surface area contributed by atoms with E-state index in [9.17, 15) is 14.8 Å². The van der Waals surface area contributed by atoms with E-state index in [-0.39, 0.29) is 0 Å². The van der Waals surface area contributed by atoms with Gasteiger partial charge in [-0.3, -0.25) is 4.79 Å². The van der Waals surface area contributed by atoms with E-state index in [4.69, 9.17) is 5.11 Å². The number of hydrogen-bond donors (Lipinski definition) is 2. The normalized spacial score (nSPS) is 33.2. The highest BCUT2D eigenvalue weighted by Gasteiger charge is 2.40. The van der Waals surface area contributed by atoms with Crippen molar-refractivity contribution in [3.05, 3.63) is 29.2 Å². The van der Waals surface area contributed by atoms with Gasteiger partial charge in [0.05, 0.1) is 0 Å². The highest BCUT2D eigenvalue weighted by Crippen LogP contribution is 2.25. The monoisotopic (exact) mass is 169 g/mol. The second-order valence-corrected chi connectivity index (χ2v) is 2.43. The van der Waals surface area contributed by atoms with Crippen molar-refractivity contribution in [3.63, 3.8) is 0 Å². The molecule has 0 aliphatic heterocycles. The van der Waals surface area contributed by atoms with Gasteiger partial charge in [-0.1, -0.05) is 18.2 Å². The summed E-state index contributed by atoms with van der Waals surface area (Å²) in [4.78, 5) is 20.6. The molecule has 0 fully saturated rings. The molecule has 0 bridgehead atoms. The van der Waals surface area contributed by atoms with E-state index in [1.54, 1.807) is 0 Å². The van der Waals surface area contributed by atoms with Crippen LogP contribution in [0.25, 0.3) is 0 Å². The molecule has 0 saturated heterocycles. The fourth-order valence-corrected chi connectivity index (χ4v) is 0.969. The van der Waals surface area contributed by atoms with Gasteiger partial charge in [0.25, 0.3) is 0 Å². The molecule has 0 aromatic carbocycles. The molecule has 0 saturated carbocycles. The lowest BCUT2D eigenvalue weighted by Gasteiger charge is -2.22. The van der Waals surface area contributed by atoms with Crippen LogP contribution in [-0.4, -0.2) is 21.9 Å². The van der Waals surface area contributed by atoms with Crippen molar-refractivity contribution < 1.29 is 15.0 Å². The minimum Gasteiger partial charge on any atom is -0.481 e. The lowest BCUT2D eigenvalue weighted by Crippen LogP contribution is -2.38. The van der Waals surface area contributed by atoms with Crippen LogP contribution >= 0.6 is 0 Å². The number of carbonyl (C=O) groups is 1. The SMILES string of the molecule is O=NC1(O)C=CC=CC1C(=O)O. The molecule has 12 heavy (non-hydrogen) atoms. The van der Waals surface area contributed by atoms with E-state index in [2.05, 4.69) is 5.18 Å². The Kier molecular flexibility index (Phi) is 2.05. The summed E-state index contributed by atoms with van der Waals surface area (Å²) < 4.78 is 0. The predicted octanol–water partition coefficient (Wildman–Crippen LogP) is 0.268. The van der Waals surface area contributed by atoms with Gasteiger partial charge < -0.3 is 10.2 Å². The number of nitroso groups, excluding NO2 is 1. The number of allylic oxidation sites excluding steroid dienone is 2. The van der Waals surface area contributed by atoms with Crippen LogP contribution in [-0.2, 0) is 4.79 Å². The van der Waals surface area contributed by atoms with Crippen LogP contribution in [0.2, 0.25) is 0 Å². The summed E-state index contributed by atoms with van der Waals surface area (Å²) in [6, 6.07) is 0. The maximum atomic E-state index is 10.5.